The number of rotatable bonds is 4. The number of hydrogen-bond donors (Lipinski definition) is 2. The lowest BCUT2D eigenvalue weighted by molar-refractivity contribution is 0.242. The molecule has 0 radical (unpaired) electrons. The van der Waals surface area contributed by atoms with Crippen LogP contribution in [0, 0.1) is 5.82 Å². The lowest BCUT2D eigenvalue weighted by Gasteiger charge is -2.36. The van der Waals surface area contributed by atoms with Crippen LogP contribution in [0.3, 0.4) is 0 Å². The third-order valence-electron chi connectivity index (χ3n) is 4.00. The minimum Gasteiger partial charge on any atom is -0.352 e. The molecule has 24 heavy (non-hydrogen) atoms. The number of urea groups is 1. The Morgan fingerprint density at radius 1 is 0.750 bits per heavy atom. The molecule has 4 heteroatoms. The molecule has 0 heterocycles. The third-order valence-corrected chi connectivity index (χ3v) is 4.00. The van der Waals surface area contributed by atoms with Crippen molar-refractivity contribution < 1.29 is 9.18 Å². The Balaban J connectivity index is 2.32. The average Bonchev–Trinajstić information content (AvgIpc) is 2.62. The van der Waals surface area contributed by atoms with E-state index in [4.69, 9.17) is 5.73 Å². The molecule has 0 aliphatic carbocycles. The minimum absolute atomic E-state index is 0.340. The van der Waals surface area contributed by atoms with Crippen LogP contribution in [0.1, 0.15) is 16.7 Å². The zero-order chi connectivity index (χ0) is 17.0. The molecule has 0 bridgehead atoms. The lowest BCUT2D eigenvalue weighted by atomic mass is 9.77. The smallest absolute Gasteiger partial charge is 0.313 e. The molecule has 3 aromatic carbocycles. The number of hydrogen-bond acceptors (Lipinski definition) is 1. The van der Waals surface area contributed by atoms with Crippen LogP contribution < -0.4 is 11.1 Å². The fourth-order valence-electron chi connectivity index (χ4n) is 2.98. The van der Waals surface area contributed by atoms with Crippen LogP contribution in [0.4, 0.5) is 9.18 Å². The van der Waals surface area contributed by atoms with Crippen molar-refractivity contribution in [2.75, 3.05) is 0 Å². The highest BCUT2D eigenvalue weighted by Gasteiger charge is 2.37. The van der Waals surface area contributed by atoms with Crippen molar-refractivity contribution in [1.82, 2.24) is 5.32 Å². The number of carbonyl (C=O) groups is 1. The Labute approximate surface area is 139 Å². The van der Waals surface area contributed by atoms with Gasteiger partial charge in [-0.3, -0.25) is 0 Å². The number of carbonyl (C=O) groups excluding carboxylic acids is 1. The molecule has 0 unspecified atom stereocenters. The summed E-state index contributed by atoms with van der Waals surface area (Å²) < 4.78 is 13.4. The van der Waals surface area contributed by atoms with Crippen LogP contribution in [0.5, 0.6) is 0 Å². The summed E-state index contributed by atoms with van der Waals surface area (Å²) in [4.78, 5) is 11.8. The Hall–Kier alpha value is -3.14. The molecule has 2 amide bonds. The zero-order valence-electron chi connectivity index (χ0n) is 12.9. The van der Waals surface area contributed by atoms with Gasteiger partial charge in [0.25, 0.3) is 0 Å². The van der Waals surface area contributed by atoms with E-state index in [0.29, 0.717) is 0 Å². The lowest BCUT2D eigenvalue weighted by Crippen LogP contribution is -2.49. The van der Waals surface area contributed by atoms with Crippen molar-refractivity contribution in [2.45, 2.75) is 5.54 Å². The molecule has 0 aromatic heterocycles. The van der Waals surface area contributed by atoms with Crippen molar-refractivity contribution in [2.24, 2.45) is 5.73 Å². The SMILES string of the molecule is NC(=O)NC(c1ccccc1)(c1ccccc1)c1ccc(F)cc1. The molecule has 0 aliphatic heterocycles. The van der Waals surface area contributed by atoms with Crippen molar-refractivity contribution in [3.63, 3.8) is 0 Å². The van der Waals surface area contributed by atoms with Crippen LogP contribution in [-0.2, 0) is 5.54 Å². The topological polar surface area (TPSA) is 55.1 Å². The molecular weight excluding hydrogens is 303 g/mol. The summed E-state index contributed by atoms with van der Waals surface area (Å²) in [5.74, 6) is -0.340. The quantitative estimate of drug-likeness (QED) is 0.706. The van der Waals surface area contributed by atoms with Crippen molar-refractivity contribution in [3.05, 3.63) is 107 Å². The van der Waals surface area contributed by atoms with Gasteiger partial charge in [-0.1, -0.05) is 72.8 Å². The summed E-state index contributed by atoms with van der Waals surface area (Å²) in [6.07, 6.45) is 0. The van der Waals surface area contributed by atoms with Gasteiger partial charge in [-0.05, 0) is 28.8 Å². The first-order valence-electron chi connectivity index (χ1n) is 7.57. The summed E-state index contributed by atoms with van der Waals surface area (Å²) in [6.45, 7) is 0. The second-order valence-corrected chi connectivity index (χ2v) is 5.48. The van der Waals surface area contributed by atoms with E-state index >= 15 is 0 Å². The fourth-order valence-corrected chi connectivity index (χ4v) is 2.98. The highest BCUT2D eigenvalue weighted by molar-refractivity contribution is 5.75. The fraction of sp³-hybridized carbons (Fsp3) is 0.0500. The summed E-state index contributed by atoms with van der Waals surface area (Å²) >= 11 is 0. The summed E-state index contributed by atoms with van der Waals surface area (Å²) in [5.41, 5.74) is 6.89. The summed E-state index contributed by atoms with van der Waals surface area (Å²) in [6, 6.07) is 24.4. The molecule has 0 atom stereocenters. The van der Waals surface area contributed by atoms with Crippen LogP contribution in [0.15, 0.2) is 84.9 Å². The maximum Gasteiger partial charge on any atom is 0.313 e. The molecule has 3 N–H and O–H groups in total. The van der Waals surface area contributed by atoms with Gasteiger partial charge >= 0.3 is 6.03 Å². The molecule has 0 fully saturated rings. The monoisotopic (exact) mass is 320 g/mol. The number of nitrogens with one attached hydrogen (secondary N) is 1. The van der Waals surface area contributed by atoms with Crippen LogP contribution in [-0.4, -0.2) is 6.03 Å². The van der Waals surface area contributed by atoms with E-state index in [0.717, 1.165) is 16.7 Å². The van der Waals surface area contributed by atoms with Gasteiger partial charge in [0.2, 0.25) is 0 Å². The second-order valence-electron chi connectivity index (χ2n) is 5.48. The van der Waals surface area contributed by atoms with Crippen molar-refractivity contribution >= 4 is 6.03 Å². The first-order chi connectivity index (χ1) is 11.6. The van der Waals surface area contributed by atoms with E-state index in [9.17, 15) is 9.18 Å². The molecule has 0 saturated heterocycles. The standard InChI is InChI=1S/C20H17FN2O/c21-18-13-11-17(12-14-18)20(23-19(22)24,15-7-3-1-4-8-15)16-9-5-2-6-10-16/h1-14H,(H3,22,23,24). The first-order valence-corrected chi connectivity index (χ1v) is 7.57. The predicted octanol–water partition coefficient (Wildman–Crippen LogP) is 3.79. The molecule has 3 aromatic rings. The Kier molecular flexibility index (Phi) is 4.29. The van der Waals surface area contributed by atoms with Gasteiger partial charge in [-0.2, -0.15) is 0 Å². The largest absolute Gasteiger partial charge is 0.352 e. The van der Waals surface area contributed by atoms with Crippen LogP contribution in [0.25, 0.3) is 0 Å². The first kappa shape index (κ1) is 15.7. The normalized spacial score (nSPS) is 11.0. The van der Waals surface area contributed by atoms with Gasteiger partial charge < -0.3 is 11.1 Å². The zero-order valence-corrected chi connectivity index (χ0v) is 12.9. The average molecular weight is 320 g/mol. The Morgan fingerprint density at radius 2 is 1.17 bits per heavy atom. The van der Waals surface area contributed by atoms with Crippen molar-refractivity contribution in [3.8, 4) is 0 Å². The van der Waals surface area contributed by atoms with Crippen LogP contribution >= 0.6 is 0 Å². The molecule has 0 aliphatic rings. The number of amides is 2. The predicted molar refractivity (Wildman–Crippen MR) is 91.9 cm³/mol. The Morgan fingerprint density at radius 3 is 1.58 bits per heavy atom. The van der Waals surface area contributed by atoms with Gasteiger partial charge in [0.05, 0.1) is 0 Å². The number of primary amides is 1. The van der Waals surface area contributed by atoms with E-state index in [1.165, 1.54) is 12.1 Å². The maximum atomic E-state index is 13.4. The van der Waals surface area contributed by atoms with E-state index in [2.05, 4.69) is 5.32 Å². The van der Waals surface area contributed by atoms with Gasteiger partial charge in [0.1, 0.15) is 11.4 Å². The van der Waals surface area contributed by atoms with E-state index in [1.807, 2.05) is 60.7 Å². The summed E-state index contributed by atoms with van der Waals surface area (Å²) in [7, 11) is 0. The minimum atomic E-state index is -0.998. The number of benzene rings is 3. The number of nitrogens with two attached hydrogens (primary N) is 1. The highest BCUT2D eigenvalue weighted by Crippen LogP contribution is 2.36. The Bertz CT molecular complexity index is 778. The third kappa shape index (κ3) is 2.86. The van der Waals surface area contributed by atoms with E-state index in [1.54, 1.807) is 12.1 Å². The molecule has 3 rings (SSSR count). The molecule has 120 valence electrons. The maximum absolute atomic E-state index is 13.4. The second kappa shape index (κ2) is 6.54. The van der Waals surface area contributed by atoms with Gasteiger partial charge in [-0.25, -0.2) is 9.18 Å². The van der Waals surface area contributed by atoms with Crippen molar-refractivity contribution in [1.29, 1.82) is 0 Å². The molecular formula is C20H17FN2O. The van der Waals surface area contributed by atoms with Gasteiger partial charge in [0, 0.05) is 0 Å². The van der Waals surface area contributed by atoms with E-state index in [-0.39, 0.29) is 5.82 Å². The number of halogens is 1. The summed E-state index contributed by atoms with van der Waals surface area (Å²) in [5, 5.41) is 2.88. The van der Waals surface area contributed by atoms with Gasteiger partial charge in [0.15, 0.2) is 0 Å². The van der Waals surface area contributed by atoms with E-state index < -0.39 is 11.6 Å². The van der Waals surface area contributed by atoms with Crippen LogP contribution in [0.2, 0.25) is 0 Å². The highest BCUT2D eigenvalue weighted by atomic mass is 19.1. The molecule has 0 spiro atoms. The molecule has 3 nitrogen and oxygen atoms in total. The molecule has 0 saturated carbocycles. The van der Waals surface area contributed by atoms with Gasteiger partial charge in [-0.15, -0.1) is 0 Å².